The van der Waals surface area contributed by atoms with Gasteiger partial charge in [-0.25, -0.2) is 9.78 Å². The van der Waals surface area contributed by atoms with Crippen LogP contribution in [0.1, 0.15) is 15.9 Å². The lowest BCUT2D eigenvalue weighted by Crippen LogP contribution is -2.21. The number of hydrogen-bond acceptors (Lipinski definition) is 4. The van der Waals surface area contributed by atoms with Crippen molar-refractivity contribution in [2.75, 3.05) is 7.11 Å². The third-order valence-electron chi connectivity index (χ3n) is 3.51. The first-order valence-corrected chi connectivity index (χ1v) is 7.28. The highest BCUT2D eigenvalue weighted by Crippen LogP contribution is 2.14. The lowest BCUT2D eigenvalue weighted by molar-refractivity contribution is 0.0600. The summed E-state index contributed by atoms with van der Waals surface area (Å²) in [4.78, 5) is 28.2. The Morgan fingerprint density at radius 2 is 1.96 bits per heavy atom. The molecule has 0 saturated carbocycles. The average molecular weight is 329 g/mol. The van der Waals surface area contributed by atoms with E-state index < -0.39 is 5.97 Å². The fourth-order valence-electron chi connectivity index (χ4n) is 2.30. The molecule has 6 heteroatoms. The molecule has 0 radical (unpaired) electrons. The van der Waals surface area contributed by atoms with E-state index in [1.54, 1.807) is 42.5 Å². The van der Waals surface area contributed by atoms with Crippen molar-refractivity contribution in [1.29, 1.82) is 0 Å². The van der Waals surface area contributed by atoms with Crippen molar-refractivity contribution >= 4 is 28.5 Å². The van der Waals surface area contributed by atoms with Gasteiger partial charge in [0.2, 0.25) is 0 Å². The molecular formula is C17H13ClN2O3. The lowest BCUT2D eigenvalue weighted by atomic mass is 10.1. The molecule has 0 aliphatic heterocycles. The summed E-state index contributed by atoms with van der Waals surface area (Å²) in [6.07, 6.45) is 1.51. The van der Waals surface area contributed by atoms with Gasteiger partial charge in [0.15, 0.2) is 0 Å². The summed E-state index contributed by atoms with van der Waals surface area (Å²) in [5.74, 6) is -0.393. The van der Waals surface area contributed by atoms with Crippen molar-refractivity contribution in [1.82, 2.24) is 9.55 Å². The van der Waals surface area contributed by atoms with E-state index in [1.165, 1.54) is 18.0 Å². The van der Waals surface area contributed by atoms with E-state index in [2.05, 4.69) is 9.72 Å². The molecule has 0 amide bonds. The molecule has 0 atom stereocenters. The second kappa shape index (κ2) is 6.22. The maximum atomic E-state index is 12.5. The van der Waals surface area contributed by atoms with E-state index in [1.807, 2.05) is 0 Å². The number of benzene rings is 2. The molecule has 0 bridgehead atoms. The Morgan fingerprint density at radius 1 is 1.22 bits per heavy atom. The number of methoxy groups -OCH3 is 1. The van der Waals surface area contributed by atoms with Gasteiger partial charge >= 0.3 is 5.97 Å². The van der Waals surface area contributed by atoms with Crippen LogP contribution in [0.15, 0.2) is 53.6 Å². The first-order chi connectivity index (χ1) is 11.1. The van der Waals surface area contributed by atoms with E-state index in [9.17, 15) is 9.59 Å². The third-order valence-corrected chi connectivity index (χ3v) is 3.75. The molecule has 3 aromatic rings. The van der Waals surface area contributed by atoms with Gasteiger partial charge in [-0.15, -0.1) is 0 Å². The minimum atomic E-state index is -0.393. The summed E-state index contributed by atoms with van der Waals surface area (Å²) < 4.78 is 6.16. The number of nitrogens with zero attached hydrogens (tertiary/aromatic N) is 2. The van der Waals surface area contributed by atoms with Crippen LogP contribution in [0.4, 0.5) is 0 Å². The standard InChI is InChI=1S/C17H13ClN2O3/c1-23-17(22)12-4-2-11(3-5-12)9-20-10-19-15-7-6-13(18)8-14(15)16(20)21/h2-8,10H,9H2,1H3. The molecule has 116 valence electrons. The number of carbonyl (C=O) groups excluding carboxylic acids is 1. The molecule has 1 aromatic heterocycles. The van der Waals surface area contributed by atoms with Crippen LogP contribution in [0.3, 0.4) is 0 Å². The number of rotatable bonds is 3. The van der Waals surface area contributed by atoms with Gasteiger partial charge in [0.05, 0.1) is 36.4 Å². The van der Waals surface area contributed by atoms with Crippen molar-refractivity contribution in [3.05, 3.63) is 75.3 Å². The van der Waals surface area contributed by atoms with Crippen molar-refractivity contribution in [2.45, 2.75) is 6.54 Å². The quantitative estimate of drug-likeness (QED) is 0.694. The molecule has 3 rings (SSSR count). The van der Waals surface area contributed by atoms with E-state index in [4.69, 9.17) is 11.6 Å². The number of aromatic nitrogens is 2. The summed E-state index contributed by atoms with van der Waals surface area (Å²) in [5, 5.41) is 0.975. The van der Waals surface area contributed by atoms with Crippen molar-refractivity contribution in [2.24, 2.45) is 0 Å². The second-order valence-corrected chi connectivity index (χ2v) is 5.46. The molecular weight excluding hydrogens is 316 g/mol. The number of ether oxygens (including phenoxy) is 1. The molecule has 5 nitrogen and oxygen atoms in total. The monoisotopic (exact) mass is 328 g/mol. The summed E-state index contributed by atoms with van der Waals surface area (Å²) in [6, 6.07) is 11.9. The van der Waals surface area contributed by atoms with Crippen molar-refractivity contribution in [3.8, 4) is 0 Å². The van der Waals surface area contributed by atoms with Crippen molar-refractivity contribution < 1.29 is 9.53 Å². The minimum Gasteiger partial charge on any atom is -0.465 e. The molecule has 1 heterocycles. The smallest absolute Gasteiger partial charge is 0.337 e. The molecule has 0 saturated heterocycles. The summed E-state index contributed by atoms with van der Waals surface area (Å²) in [5.41, 5.74) is 1.79. The third kappa shape index (κ3) is 3.10. The Balaban J connectivity index is 1.94. The van der Waals surface area contributed by atoms with E-state index in [0.717, 1.165) is 5.56 Å². The lowest BCUT2D eigenvalue weighted by Gasteiger charge is -2.07. The molecule has 2 aromatic carbocycles. The van der Waals surface area contributed by atoms with Crippen LogP contribution >= 0.6 is 11.6 Å². The highest BCUT2D eigenvalue weighted by atomic mass is 35.5. The Labute approximate surface area is 137 Å². The second-order valence-electron chi connectivity index (χ2n) is 5.03. The molecule has 23 heavy (non-hydrogen) atoms. The number of halogens is 1. The van der Waals surface area contributed by atoms with Gasteiger partial charge in [0, 0.05) is 5.02 Å². The minimum absolute atomic E-state index is 0.158. The largest absolute Gasteiger partial charge is 0.465 e. The maximum absolute atomic E-state index is 12.5. The van der Waals surface area contributed by atoms with E-state index in [0.29, 0.717) is 28.0 Å². The van der Waals surface area contributed by atoms with Gasteiger partial charge in [0.1, 0.15) is 0 Å². The molecule has 0 fully saturated rings. The van der Waals surface area contributed by atoms with Gasteiger partial charge in [0.25, 0.3) is 5.56 Å². The first kappa shape index (κ1) is 15.2. The van der Waals surface area contributed by atoms with Crippen LogP contribution in [-0.2, 0) is 11.3 Å². The van der Waals surface area contributed by atoms with Crippen LogP contribution in [0, 0.1) is 0 Å². The average Bonchev–Trinajstić information content (AvgIpc) is 2.58. The fraction of sp³-hybridized carbons (Fsp3) is 0.118. The molecule has 0 unspecified atom stereocenters. The highest BCUT2D eigenvalue weighted by Gasteiger charge is 2.07. The molecule has 0 aliphatic carbocycles. The zero-order valence-electron chi connectivity index (χ0n) is 12.3. The van der Waals surface area contributed by atoms with E-state index >= 15 is 0 Å². The number of esters is 1. The van der Waals surface area contributed by atoms with Crippen LogP contribution in [0.25, 0.3) is 10.9 Å². The zero-order chi connectivity index (χ0) is 16.4. The Bertz CT molecular complexity index is 933. The van der Waals surface area contributed by atoms with Gasteiger partial charge in [-0.3, -0.25) is 9.36 Å². The number of carbonyl (C=O) groups is 1. The summed E-state index contributed by atoms with van der Waals surface area (Å²) >= 11 is 5.94. The van der Waals surface area contributed by atoms with E-state index in [-0.39, 0.29) is 5.56 Å². The van der Waals surface area contributed by atoms with Crippen LogP contribution < -0.4 is 5.56 Å². The van der Waals surface area contributed by atoms with Gasteiger partial charge < -0.3 is 4.74 Å². The van der Waals surface area contributed by atoms with Gasteiger partial charge in [-0.05, 0) is 35.9 Å². The maximum Gasteiger partial charge on any atom is 0.337 e. The van der Waals surface area contributed by atoms with Crippen molar-refractivity contribution in [3.63, 3.8) is 0 Å². The van der Waals surface area contributed by atoms with Gasteiger partial charge in [-0.1, -0.05) is 23.7 Å². The number of fused-ring (bicyclic) bond motifs is 1. The Morgan fingerprint density at radius 3 is 2.65 bits per heavy atom. The highest BCUT2D eigenvalue weighted by molar-refractivity contribution is 6.31. The Hall–Kier alpha value is -2.66. The SMILES string of the molecule is COC(=O)c1ccc(Cn2cnc3ccc(Cl)cc3c2=O)cc1. The first-order valence-electron chi connectivity index (χ1n) is 6.90. The number of hydrogen-bond donors (Lipinski definition) is 0. The topological polar surface area (TPSA) is 61.2 Å². The Kier molecular flexibility index (Phi) is 4.12. The summed E-state index contributed by atoms with van der Waals surface area (Å²) in [7, 11) is 1.34. The van der Waals surface area contributed by atoms with Crippen LogP contribution in [-0.4, -0.2) is 22.6 Å². The fourth-order valence-corrected chi connectivity index (χ4v) is 2.48. The predicted octanol–water partition coefficient (Wildman–Crippen LogP) is 2.88. The van der Waals surface area contributed by atoms with Crippen LogP contribution in [0.5, 0.6) is 0 Å². The van der Waals surface area contributed by atoms with Crippen LogP contribution in [0.2, 0.25) is 5.02 Å². The molecule has 0 spiro atoms. The van der Waals surface area contributed by atoms with Gasteiger partial charge in [-0.2, -0.15) is 0 Å². The normalized spacial score (nSPS) is 10.7. The molecule has 0 N–H and O–H groups in total. The predicted molar refractivity (Wildman–Crippen MR) is 87.9 cm³/mol. The molecule has 0 aliphatic rings. The zero-order valence-corrected chi connectivity index (χ0v) is 13.1. The summed E-state index contributed by atoms with van der Waals surface area (Å²) in [6.45, 7) is 0.357.